The molecule has 0 aliphatic heterocycles. The van der Waals surface area contributed by atoms with Gasteiger partial charge in [0.15, 0.2) is 5.82 Å². The second-order valence-electron chi connectivity index (χ2n) is 6.58. The molecule has 2 aromatic heterocycles. The van der Waals surface area contributed by atoms with Gasteiger partial charge in [0, 0.05) is 0 Å². The molecule has 4 aromatic rings. The first-order valence-corrected chi connectivity index (χ1v) is 10.5. The van der Waals surface area contributed by atoms with Crippen LogP contribution >= 0.6 is 11.3 Å². The Kier molecular flexibility index (Phi) is 6.22. The summed E-state index contributed by atoms with van der Waals surface area (Å²) in [4.78, 5) is 1.03. The van der Waals surface area contributed by atoms with Crippen molar-refractivity contribution in [3.63, 3.8) is 0 Å². The lowest BCUT2D eigenvalue weighted by Crippen LogP contribution is -2.06. The van der Waals surface area contributed by atoms with Gasteiger partial charge >= 0.3 is 6.01 Å². The number of unbranched alkanes of at least 4 members (excludes halogenated alkanes) is 1. The molecule has 0 bridgehead atoms. The molecule has 0 saturated carbocycles. The zero-order valence-corrected chi connectivity index (χ0v) is 17.1. The fourth-order valence-corrected chi connectivity index (χ4v) is 3.90. The monoisotopic (exact) mass is 405 g/mol. The van der Waals surface area contributed by atoms with E-state index in [2.05, 4.69) is 34.5 Å². The first-order valence-electron chi connectivity index (χ1n) is 9.66. The molecule has 2 aromatic carbocycles. The Bertz CT molecular complexity index is 1030. The quantitative estimate of drug-likeness (QED) is 0.350. The number of thiophene rings is 1. The van der Waals surface area contributed by atoms with Gasteiger partial charge in [0.1, 0.15) is 5.75 Å². The highest BCUT2D eigenvalue weighted by Gasteiger charge is 2.20. The molecule has 0 spiro atoms. The van der Waals surface area contributed by atoms with Crippen molar-refractivity contribution in [2.75, 3.05) is 13.7 Å². The molecule has 0 amide bonds. The fourth-order valence-electron chi connectivity index (χ4n) is 3.20. The topological polar surface area (TPSA) is 49.2 Å². The van der Waals surface area contributed by atoms with Crippen molar-refractivity contribution in [3.8, 4) is 28.1 Å². The van der Waals surface area contributed by atoms with Crippen molar-refractivity contribution in [2.24, 2.45) is 0 Å². The Morgan fingerprint density at radius 3 is 2.52 bits per heavy atom. The Hall–Kier alpha value is -3.12. The lowest BCUT2D eigenvalue weighted by molar-refractivity contribution is 0.277. The van der Waals surface area contributed by atoms with Crippen LogP contribution in [0.2, 0.25) is 0 Å². The summed E-state index contributed by atoms with van der Waals surface area (Å²) >= 11 is 1.62. The minimum atomic E-state index is 0.484. The van der Waals surface area contributed by atoms with Crippen molar-refractivity contribution >= 4 is 11.3 Å². The van der Waals surface area contributed by atoms with Crippen LogP contribution in [-0.4, -0.2) is 28.5 Å². The van der Waals surface area contributed by atoms with Crippen LogP contribution in [0.25, 0.3) is 16.4 Å². The minimum Gasteiger partial charge on any atom is -0.495 e. The predicted octanol–water partition coefficient (Wildman–Crippen LogP) is 5.41. The van der Waals surface area contributed by atoms with Gasteiger partial charge in [0.2, 0.25) is 0 Å². The first-order chi connectivity index (χ1) is 14.4. The zero-order valence-electron chi connectivity index (χ0n) is 16.3. The van der Waals surface area contributed by atoms with E-state index in [-0.39, 0.29) is 0 Å². The van der Waals surface area contributed by atoms with E-state index in [4.69, 9.17) is 9.47 Å². The summed E-state index contributed by atoms with van der Waals surface area (Å²) in [6.45, 7) is 0.588. The van der Waals surface area contributed by atoms with Crippen LogP contribution in [0.4, 0.5) is 0 Å². The normalized spacial score (nSPS) is 10.8. The van der Waals surface area contributed by atoms with E-state index in [1.165, 1.54) is 5.56 Å². The maximum absolute atomic E-state index is 6.05. The minimum absolute atomic E-state index is 0.484. The molecule has 6 heteroatoms. The zero-order chi connectivity index (χ0) is 19.9. The van der Waals surface area contributed by atoms with Gasteiger partial charge in [-0.3, -0.25) is 0 Å². The van der Waals surface area contributed by atoms with Crippen LogP contribution in [0.3, 0.4) is 0 Å². The highest BCUT2D eigenvalue weighted by Crippen LogP contribution is 2.33. The third kappa shape index (κ3) is 4.49. The van der Waals surface area contributed by atoms with Crippen LogP contribution in [0, 0.1) is 0 Å². The molecule has 0 radical (unpaired) electrons. The number of aromatic nitrogens is 3. The Balaban J connectivity index is 1.51. The maximum Gasteiger partial charge on any atom is 0.322 e. The summed E-state index contributed by atoms with van der Waals surface area (Å²) in [7, 11) is 1.66. The van der Waals surface area contributed by atoms with Gasteiger partial charge in [-0.25, -0.2) is 4.57 Å². The third-order valence-corrected chi connectivity index (χ3v) is 5.50. The van der Waals surface area contributed by atoms with Crippen LogP contribution in [-0.2, 0) is 6.42 Å². The van der Waals surface area contributed by atoms with Gasteiger partial charge in [-0.15, -0.1) is 16.4 Å². The van der Waals surface area contributed by atoms with Crippen LogP contribution in [0.5, 0.6) is 11.8 Å². The molecule has 2 heterocycles. The third-order valence-electron chi connectivity index (χ3n) is 4.63. The molecule has 0 aliphatic rings. The second kappa shape index (κ2) is 9.39. The van der Waals surface area contributed by atoms with E-state index in [0.29, 0.717) is 12.6 Å². The number of aryl methyl sites for hydroxylation is 1. The van der Waals surface area contributed by atoms with Crippen LogP contribution in [0.1, 0.15) is 18.4 Å². The van der Waals surface area contributed by atoms with Gasteiger partial charge in [0.25, 0.3) is 0 Å². The molecule has 0 N–H and O–H groups in total. The Morgan fingerprint density at radius 2 is 1.72 bits per heavy atom. The maximum atomic E-state index is 6.05. The summed E-state index contributed by atoms with van der Waals surface area (Å²) in [5.41, 5.74) is 2.22. The average Bonchev–Trinajstić information content (AvgIpc) is 3.44. The molecule has 4 rings (SSSR count). The fraction of sp³-hybridized carbons (Fsp3) is 0.217. The van der Waals surface area contributed by atoms with Crippen molar-refractivity contribution in [1.82, 2.24) is 14.8 Å². The predicted molar refractivity (Wildman–Crippen MR) is 116 cm³/mol. The summed E-state index contributed by atoms with van der Waals surface area (Å²) in [6, 6.07) is 22.9. The molecular weight excluding hydrogens is 382 g/mol. The molecule has 148 valence electrons. The number of para-hydroxylation sites is 2. The molecule has 0 atom stereocenters. The smallest absolute Gasteiger partial charge is 0.322 e. The van der Waals surface area contributed by atoms with Gasteiger partial charge in [0.05, 0.1) is 24.3 Å². The number of rotatable bonds is 9. The van der Waals surface area contributed by atoms with Crippen molar-refractivity contribution in [2.45, 2.75) is 19.3 Å². The Labute approximate surface area is 174 Å². The van der Waals surface area contributed by atoms with Crippen molar-refractivity contribution in [3.05, 3.63) is 77.7 Å². The number of ether oxygens (including phenoxy) is 2. The van der Waals surface area contributed by atoms with E-state index in [0.717, 1.165) is 41.4 Å². The van der Waals surface area contributed by atoms with Gasteiger partial charge in [-0.2, -0.15) is 0 Å². The van der Waals surface area contributed by atoms with Gasteiger partial charge in [-0.05, 0) is 48.4 Å². The van der Waals surface area contributed by atoms with E-state index in [1.807, 2.05) is 52.4 Å². The highest BCUT2D eigenvalue weighted by molar-refractivity contribution is 7.13. The molecule has 29 heavy (non-hydrogen) atoms. The van der Waals surface area contributed by atoms with Crippen molar-refractivity contribution in [1.29, 1.82) is 0 Å². The lowest BCUT2D eigenvalue weighted by Gasteiger charge is -2.13. The van der Waals surface area contributed by atoms with Crippen LogP contribution < -0.4 is 9.47 Å². The van der Waals surface area contributed by atoms with E-state index >= 15 is 0 Å². The number of benzene rings is 2. The van der Waals surface area contributed by atoms with E-state index in [1.54, 1.807) is 18.4 Å². The summed E-state index contributed by atoms with van der Waals surface area (Å²) in [5.74, 6) is 1.50. The molecular formula is C23H23N3O2S. The molecule has 0 aliphatic carbocycles. The molecule has 0 fully saturated rings. The van der Waals surface area contributed by atoms with E-state index in [9.17, 15) is 0 Å². The number of hydrogen-bond donors (Lipinski definition) is 0. The van der Waals surface area contributed by atoms with Gasteiger partial charge < -0.3 is 9.47 Å². The number of methoxy groups -OCH3 is 1. The Morgan fingerprint density at radius 1 is 0.897 bits per heavy atom. The lowest BCUT2D eigenvalue weighted by atomic mass is 10.1. The second-order valence-corrected chi connectivity index (χ2v) is 7.53. The summed E-state index contributed by atoms with van der Waals surface area (Å²) < 4.78 is 13.5. The molecule has 0 saturated heterocycles. The standard InChI is InChI=1S/C23H23N3O2S/c1-27-20-14-6-5-13-19(20)26-22(21-15-9-17-29-21)24-25-23(26)28-16-8-7-12-18-10-3-2-4-11-18/h2-6,9-11,13-15,17H,7-8,12,16H2,1H3. The summed E-state index contributed by atoms with van der Waals surface area (Å²) in [5, 5.41) is 10.7. The number of hydrogen-bond acceptors (Lipinski definition) is 5. The number of nitrogens with zero attached hydrogens (tertiary/aromatic N) is 3. The van der Waals surface area contributed by atoms with Crippen LogP contribution in [0.15, 0.2) is 72.1 Å². The summed E-state index contributed by atoms with van der Waals surface area (Å²) in [6.07, 6.45) is 3.05. The van der Waals surface area contributed by atoms with E-state index < -0.39 is 0 Å². The van der Waals surface area contributed by atoms with Crippen molar-refractivity contribution < 1.29 is 9.47 Å². The van der Waals surface area contributed by atoms with Gasteiger partial charge in [-0.1, -0.05) is 53.6 Å². The largest absolute Gasteiger partial charge is 0.495 e. The SMILES string of the molecule is COc1ccccc1-n1c(OCCCCc2ccccc2)nnc1-c1cccs1. The average molecular weight is 406 g/mol. The molecule has 5 nitrogen and oxygen atoms in total. The first kappa shape index (κ1) is 19.2. The molecule has 0 unspecified atom stereocenters. The highest BCUT2D eigenvalue weighted by atomic mass is 32.1.